The smallest absolute Gasteiger partial charge is 0.253 e. The highest BCUT2D eigenvalue weighted by Gasteiger charge is 2.25. The van der Waals surface area contributed by atoms with Crippen molar-refractivity contribution >= 4 is 5.95 Å². The largest absolute Gasteiger partial charge is 0.341 e. The number of nitrogens with zero attached hydrogens (tertiary/aromatic N) is 5. The quantitative estimate of drug-likeness (QED) is 0.862. The molecule has 1 aliphatic carbocycles. The van der Waals surface area contributed by atoms with Gasteiger partial charge >= 0.3 is 0 Å². The number of hydrogen-bond donors (Lipinski definition) is 0. The topological polar surface area (TPSA) is 63.9 Å². The predicted octanol–water partition coefficient (Wildman–Crippen LogP) is 1.83. The molecular formula is C17H21N5O. The van der Waals surface area contributed by atoms with Gasteiger partial charge in [-0.1, -0.05) is 0 Å². The third-order valence-electron chi connectivity index (χ3n) is 4.85. The van der Waals surface area contributed by atoms with Gasteiger partial charge in [0.05, 0.1) is 6.33 Å². The maximum atomic E-state index is 11.8. The van der Waals surface area contributed by atoms with Gasteiger partial charge in [0.2, 0.25) is 5.95 Å². The molecule has 0 aromatic carbocycles. The molecule has 6 nitrogen and oxygen atoms in total. The Morgan fingerprint density at radius 3 is 2.48 bits per heavy atom. The highest BCUT2D eigenvalue weighted by Crippen LogP contribution is 2.39. The highest BCUT2D eigenvalue weighted by molar-refractivity contribution is 5.32. The van der Waals surface area contributed by atoms with Crippen LogP contribution in [-0.4, -0.2) is 32.6 Å². The second-order valence-corrected chi connectivity index (χ2v) is 6.59. The third-order valence-corrected chi connectivity index (χ3v) is 4.85. The number of hydrogen-bond acceptors (Lipinski definition) is 5. The molecule has 2 fully saturated rings. The third kappa shape index (κ3) is 3.25. The molecule has 1 saturated heterocycles. The van der Waals surface area contributed by atoms with Gasteiger partial charge in [0, 0.05) is 44.3 Å². The monoisotopic (exact) mass is 311 g/mol. The van der Waals surface area contributed by atoms with Gasteiger partial charge in [-0.25, -0.2) is 15.0 Å². The molecule has 0 amide bonds. The van der Waals surface area contributed by atoms with Gasteiger partial charge in [0.25, 0.3) is 5.56 Å². The number of rotatable bonds is 4. The van der Waals surface area contributed by atoms with Gasteiger partial charge in [0.1, 0.15) is 0 Å². The van der Waals surface area contributed by atoms with Crippen LogP contribution < -0.4 is 10.5 Å². The molecule has 0 N–H and O–H groups in total. The van der Waals surface area contributed by atoms with Crippen molar-refractivity contribution in [2.75, 3.05) is 18.0 Å². The average Bonchev–Trinajstić information content (AvgIpc) is 3.43. The Bertz CT molecular complexity index is 714. The Hall–Kier alpha value is -2.24. The zero-order valence-corrected chi connectivity index (χ0v) is 13.1. The molecule has 2 aromatic heterocycles. The molecule has 2 aromatic rings. The normalized spacial score (nSPS) is 19.0. The van der Waals surface area contributed by atoms with Gasteiger partial charge in [-0.05, 0) is 43.1 Å². The van der Waals surface area contributed by atoms with E-state index in [2.05, 4.69) is 19.9 Å². The van der Waals surface area contributed by atoms with Crippen LogP contribution in [0.2, 0.25) is 0 Å². The molecule has 120 valence electrons. The van der Waals surface area contributed by atoms with Crippen LogP contribution in [-0.2, 0) is 6.54 Å². The Balaban J connectivity index is 1.35. The van der Waals surface area contributed by atoms with E-state index in [0.29, 0.717) is 11.8 Å². The maximum absolute atomic E-state index is 11.8. The minimum atomic E-state index is 0.0291. The summed E-state index contributed by atoms with van der Waals surface area (Å²) in [5.41, 5.74) is 1.31. The van der Waals surface area contributed by atoms with Crippen LogP contribution in [0.1, 0.15) is 37.2 Å². The molecule has 23 heavy (non-hydrogen) atoms. The van der Waals surface area contributed by atoms with Crippen LogP contribution in [0.5, 0.6) is 0 Å². The molecule has 0 unspecified atom stereocenters. The van der Waals surface area contributed by atoms with E-state index >= 15 is 0 Å². The van der Waals surface area contributed by atoms with E-state index in [-0.39, 0.29) is 5.56 Å². The molecule has 0 bridgehead atoms. The summed E-state index contributed by atoms with van der Waals surface area (Å²) in [5, 5.41) is 0. The van der Waals surface area contributed by atoms with E-state index in [0.717, 1.165) is 38.4 Å². The van der Waals surface area contributed by atoms with E-state index in [1.807, 2.05) is 12.4 Å². The fourth-order valence-corrected chi connectivity index (χ4v) is 3.23. The standard InChI is InChI=1S/C17H21N5O/c23-16-3-6-18-12-22(16)11-13-4-7-21(8-5-13)17-19-9-15(10-20-17)14-1-2-14/h3,6,9-10,12-14H,1-2,4-5,7-8,11H2. The van der Waals surface area contributed by atoms with Gasteiger partial charge < -0.3 is 4.90 Å². The van der Waals surface area contributed by atoms with E-state index in [4.69, 9.17) is 0 Å². The molecule has 1 aliphatic heterocycles. The van der Waals surface area contributed by atoms with Crippen LogP contribution in [0, 0.1) is 5.92 Å². The first-order valence-corrected chi connectivity index (χ1v) is 8.37. The van der Waals surface area contributed by atoms with Crippen LogP contribution in [0.15, 0.2) is 35.8 Å². The minimum Gasteiger partial charge on any atom is -0.341 e. The van der Waals surface area contributed by atoms with Gasteiger partial charge in [0.15, 0.2) is 0 Å². The lowest BCUT2D eigenvalue weighted by atomic mass is 9.97. The summed E-state index contributed by atoms with van der Waals surface area (Å²) in [6.45, 7) is 2.65. The molecule has 4 rings (SSSR count). The van der Waals surface area contributed by atoms with Crippen molar-refractivity contribution in [3.8, 4) is 0 Å². The van der Waals surface area contributed by atoms with E-state index in [1.54, 1.807) is 17.1 Å². The fraction of sp³-hybridized carbons (Fsp3) is 0.529. The van der Waals surface area contributed by atoms with Crippen molar-refractivity contribution in [3.63, 3.8) is 0 Å². The fourth-order valence-electron chi connectivity index (χ4n) is 3.23. The first-order chi connectivity index (χ1) is 11.3. The first-order valence-electron chi connectivity index (χ1n) is 8.37. The van der Waals surface area contributed by atoms with Crippen molar-refractivity contribution in [1.29, 1.82) is 0 Å². The molecule has 0 radical (unpaired) electrons. The second kappa shape index (κ2) is 6.10. The highest BCUT2D eigenvalue weighted by atomic mass is 16.1. The Morgan fingerprint density at radius 1 is 1.09 bits per heavy atom. The van der Waals surface area contributed by atoms with Crippen molar-refractivity contribution < 1.29 is 0 Å². The zero-order chi connectivity index (χ0) is 15.6. The number of aromatic nitrogens is 4. The van der Waals surface area contributed by atoms with Crippen molar-refractivity contribution in [3.05, 3.63) is 46.9 Å². The Labute approximate surface area is 135 Å². The van der Waals surface area contributed by atoms with Crippen LogP contribution in [0.4, 0.5) is 5.95 Å². The van der Waals surface area contributed by atoms with Gasteiger partial charge in [-0.3, -0.25) is 9.36 Å². The van der Waals surface area contributed by atoms with Gasteiger partial charge in [-0.15, -0.1) is 0 Å². The lowest BCUT2D eigenvalue weighted by molar-refractivity contribution is 0.349. The molecule has 0 atom stereocenters. The lowest BCUT2D eigenvalue weighted by Gasteiger charge is -2.32. The SMILES string of the molecule is O=c1ccncn1CC1CCN(c2ncc(C3CC3)cn2)CC1. The second-order valence-electron chi connectivity index (χ2n) is 6.59. The molecular weight excluding hydrogens is 290 g/mol. The minimum absolute atomic E-state index is 0.0291. The predicted molar refractivity (Wildman–Crippen MR) is 87.4 cm³/mol. The van der Waals surface area contributed by atoms with Crippen molar-refractivity contribution in [1.82, 2.24) is 19.5 Å². The summed E-state index contributed by atoms with van der Waals surface area (Å²) < 4.78 is 1.71. The summed E-state index contributed by atoms with van der Waals surface area (Å²) in [6, 6.07) is 1.52. The average molecular weight is 311 g/mol. The maximum Gasteiger partial charge on any atom is 0.253 e. The van der Waals surface area contributed by atoms with E-state index < -0.39 is 0 Å². The number of anilines is 1. The van der Waals surface area contributed by atoms with E-state index in [1.165, 1.54) is 24.5 Å². The molecule has 1 saturated carbocycles. The summed E-state index contributed by atoms with van der Waals surface area (Å²) >= 11 is 0. The van der Waals surface area contributed by atoms with Crippen molar-refractivity contribution in [2.24, 2.45) is 5.92 Å². The van der Waals surface area contributed by atoms with Crippen LogP contribution >= 0.6 is 0 Å². The molecule has 6 heteroatoms. The molecule has 3 heterocycles. The number of piperidine rings is 1. The molecule has 2 aliphatic rings. The summed E-state index contributed by atoms with van der Waals surface area (Å²) in [4.78, 5) is 27.1. The molecule has 0 spiro atoms. The Kier molecular flexibility index (Phi) is 3.81. The summed E-state index contributed by atoms with van der Waals surface area (Å²) in [5.74, 6) is 2.05. The first kappa shape index (κ1) is 14.4. The zero-order valence-electron chi connectivity index (χ0n) is 13.1. The van der Waals surface area contributed by atoms with Crippen LogP contribution in [0.3, 0.4) is 0 Å². The Morgan fingerprint density at radius 2 is 1.83 bits per heavy atom. The van der Waals surface area contributed by atoms with Crippen molar-refractivity contribution in [2.45, 2.75) is 38.1 Å². The summed E-state index contributed by atoms with van der Waals surface area (Å²) in [6.07, 6.45) is 11.8. The van der Waals surface area contributed by atoms with E-state index in [9.17, 15) is 4.79 Å². The van der Waals surface area contributed by atoms with Gasteiger partial charge in [-0.2, -0.15) is 0 Å². The summed E-state index contributed by atoms with van der Waals surface area (Å²) in [7, 11) is 0. The lowest BCUT2D eigenvalue weighted by Crippen LogP contribution is -2.37. The van der Waals surface area contributed by atoms with Crippen LogP contribution in [0.25, 0.3) is 0 Å².